The molecule has 0 bridgehead atoms. The standard InChI is InChI=1S/C19H25N3O6/c1-10(18(27)28)22(6-5-20-11(2)23)17(26)13-7-12-14(21-16(13)25)8-19(3,4)9-15(12)24/h7,10H,5-6,8-9H2,1-4H3,(H,20,23)(H,21,25)(H,27,28). The number of aromatic nitrogens is 1. The van der Waals surface area contributed by atoms with Gasteiger partial charge in [-0.2, -0.15) is 0 Å². The van der Waals surface area contributed by atoms with Gasteiger partial charge in [0.15, 0.2) is 5.78 Å². The summed E-state index contributed by atoms with van der Waals surface area (Å²) in [5.74, 6) is -2.55. The molecule has 1 aromatic rings. The highest BCUT2D eigenvalue weighted by atomic mass is 16.4. The van der Waals surface area contributed by atoms with E-state index in [1.165, 1.54) is 19.9 Å². The van der Waals surface area contributed by atoms with Crippen molar-refractivity contribution in [2.75, 3.05) is 13.1 Å². The number of pyridine rings is 1. The summed E-state index contributed by atoms with van der Waals surface area (Å²) in [4.78, 5) is 63.9. The van der Waals surface area contributed by atoms with Crippen LogP contribution in [-0.2, 0) is 16.0 Å². The molecular formula is C19H25N3O6. The topological polar surface area (TPSA) is 137 Å². The van der Waals surface area contributed by atoms with Crippen molar-refractivity contribution in [2.24, 2.45) is 5.41 Å². The third-order valence-corrected chi connectivity index (χ3v) is 4.76. The van der Waals surface area contributed by atoms with Crippen LogP contribution in [-0.4, -0.2) is 57.7 Å². The predicted molar refractivity (Wildman–Crippen MR) is 100 cm³/mol. The van der Waals surface area contributed by atoms with E-state index in [0.717, 1.165) is 4.90 Å². The number of ketones is 1. The Hall–Kier alpha value is -2.97. The molecule has 3 N–H and O–H groups in total. The summed E-state index contributed by atoms with van der Waals surface area (Å²) in [6.07, 6.45) is 0.785. The molecule has 9 nitrogen and oxygen atoms in total. The number of hydrogen-bond acceptors (Lipinski definition) is 5. The number of Topliss-reactive ketones (excluding diaryl/α,β-unsaturated/α-hetero) is 1. The zero-order valence-corrected chi connectivity index (χ0v) is 16.4. The Labute approximate surface area is 162 Å². The Morgan fingerprint density at radius 2 is 1.93 bits per heavy atom. The Bertz CT molecular complexity index is 886. The van der Waals surface area contributed by atoms with Crippen LogP contribution in [0, 0.1) is 5.41 Å². The summed E-state index contributed by atoms with van der Waals surface area (Å²) in [5, 5.41) is 11.8. The average molecular weight is 391 g/mol. The van der Waals surface area contributed by atoms with Gasteiger partial charge in [-0.3, -0.25) is 19.2 Å². The lowest BCUT2D eigenvalue weighted by Gasteiger charge is -2.30. The van der Waals surface area contributed by atoms with Crippen molar-refractivity contribution in [1.82, 2.24) is 15.2 Å². The number of hydrogen-bond donors (Lipinski definition) is 3. The Morgan fingerprint density at radius 1 is 1.29 bits per heavy atom. The van der Waals surface area contributed by atoms with E-state index >= 15 is 0 Å². The van der Waals surface area contributed by atoms with Gasteiger partial charge in [0.05, 0.1) is 0 Å². The molecule has 1 heterocycles. The molecule has 1 aliphatic rings. The van der Waals surface area contributed by atoms with Crippen molar-refractivity contribution >= 4 is 23.6 Å². The number of H-pyrrole nitrogens is 1. The largest absolute Gasteiger partial charge is 0.480 e. The molecule has 1 aliphatic carbocycles. The molecule has 0 spiro atoms. The van der Waals surface area contributed by atoms with Crippen LogP contribution >= 0.6 is 0 Å². The summed E-state index contributed by atoms with van der Waals surface area (Å²) in [6.45, 7) is 6.40. The Kier molecular flexibility index (Phi) is 6.06. The van der Waals surface area contributed by atoms with E-state index in [1.807, 2.05) is 13.8 Å². The van der Waals surface area contributed by atoms with Gasteiger partial charge in [-0.15, -0.1) is 0 Å². The second-order valence-electron chi connectivity index (χ2n) is 7.84. The quantitative estimate of drug-likeness (QED) is 0.649. The van der Waals surface area contributed by atoms with Crippen molar-refractivity contribution in [1.29, 1.82) is 0 Å². The van der Waals surface area contributed by atoms with E-state index in [-0.39, 0.29) is 47.7 Å². The van der Waals surface area contributed by atoms with Crippen LogP contribution in [0.4, 0.5) is 0 Å². The third kappa shape index (κ3) is 4.65. The molecule has 9 heteroatoms. The van der Waals surface area contributed by atoms with E-state index in [4.69, 9.17) is 0 Å². The van der Waals surface area contributed by atoms with Crippen LogP contribution < -0.4 is 10.9 Å². The second kappa shape index (κ2) is 7.95. The Balaban J connectivity index is 2.40. The number of carboxylic acids is 1. The van der Waals surface area contributed by atoms with Gasteiger partial charge < -0.3 is 20.3 Å². The maximum atomic E-state index is 12.9. The van der Waals surface area contributed by atoms with Crippen molar-refractivity contribution < 1.29 is 24.3 Å². The zero-order chi connectivity index (χ0) is 21.2. The summed E-state index contributed by atoms with van der Waals surface area (Å²) >= 11 is 0. The first-order chi connectivity index (χ1) is 12.9. The predicted octanol–water partition coefficient (Wildman–Crippen LogP) is 0.581. The normalized spacial score (nSPS) is 16.1. The number of amides is 2. The maximum absolute atomic E-state index is 12.9. The summed E-state index contributed by atoms with van der Waals surface area (Å²) in [7, 11) is 0. The van der Waals surface area contributed by atoms with Crippen molar-refractivity contribution in [3.63, 3.8) is 0 Å². The summed E-state index contributed by atoms with van der Waals surface area (Å²) in [5.41, 5.74) is -0.481. The van der Waals surface area contributed by atoms with E-state index in [0.29, 0.717) is 12.1 Å². The van der Waals surface area contributed by atoms with Crippen molar-refractivity contribution in [2.45, 2.75) is 46.6 Å². The smallest absolute Gasteiger partial charge is 0.326 e. The molecule has 1 unspecified atom stereocenters. The lowest BCUT2D eigenvalue weighted by Crippen LogP contribution is -2.48. The number of nitrogens with zero attached hydrogens (tertiary/aromatic N) is 1. The number of fused-ring (bicyclic) bond motifs is 1. The monoisotopic (exact) mass is 391 g/mol. The molecule has 0 aromatic carbocycles. The van der Waals surface area contributed by atoms with Gasteiger partial charge in [-0.1, -0.05) is 13.8 Å². The van der Waals surface area contributed by atoms with E-state index in [2.05, 4.69) is 10.3 Å². The van der Waals surface area contributed by atoms with E-state index in [9.17, 15) is 29.1 Å². The van der Waals surface area contributed by atoms with Crippen molar-refractivity contribution in [3.05, 3.63) is 33.2 Å². The molecule has 1 aromatic heterocycles. The molecule has 0 aliphatic heterocycles. The fraction of sp³-hybridized carbons (Fsp3) is 0.526. The molecule has 0 saturated carbocycles. The van der Waals surface area contributed by atoms with Crippen molar-refractivity contribution in [3.8, 4) is 0 Å². The summed E-state index contributed by atoms with van der Waals surface area (Å²) in [6, 6.07) is 0.0416. The lowest BCUT2D eigenvalue weighted by molar-refractivity contribution is -0.141. The lowest BCUT2D eigenvalue weighted by atomic mass is 9.75. The van der Waals surface area contributed by atoms with Crippen LogP contribution in [0.25, 0.3) is 0 Å². The fourth-order valence-corrected chi connectivity index (χ4v) is 3.30. The molecular weight excluding hydrogens is 366 g/mol. The van der Waals surface area contributed by atoms with E-state index in [1.54, 1.807) is 0 Å². The number of carboxylic acid groups (broad SMARTS) is 1. The zero-order valence-electron chi connectivity index (χ0n) is 16.4. The number of carbonyl (C=O) groups is 4. The SMILES string of the molecule is CC(=O)NCCN(C(=O)c1cc2c([nH]c1=O)CC(C)(C)CC2=O)C(C)C(=O)O. The first kappa shape index (κ1) is 21.3. The first-order valence-corrected chi connectivity index (χ1v) is 9.00. The minimum atomic E-state index is -1.25. The third-order valence-electron chi connectivity index (χ3n) is 4.76. The second-order valence-corrected chi connectivity index (χ2v) is 7.84. The molecule has 0 fully saturated rings. The van der Waals surface area contributed by atoms with Crippen LogP contribution in [0.5, 0.6) is 0 Å². The van der Waals surface area contributed by atoms with Gasteiger partial charge in [-0.25, -0.2) is 4.79 Å². The molecule has 2 amide bonds. The minimum Gasteiger partial charge on any atom is -0.480 e. The Morgan fingerprint density at radius 3 is 2.50 bits per heavy atom. The van der Waals surface area contributed by atoms with Gasteiger partial charge in [0.1, 0.15) is 11.6 Å². The van der Waals surface area contributed by atoms with Crippen LogP contribution in [0.15, 0.2) is 10.9 Å². The minimum absolute atomic E-state index is 0.0364. The molecule has 2 rings (SSSR count). The number of rotatable bonds is 6. The van der Waals surface area contributed by atoms with Crippen LogP contribution in [0.3, 0.4) is 0 Å². The van der Waals surface area contributed by atoms with Crippen LogP contribution in [0.2, 0.25) is 0 Å². The van der Waals surface area contributed by atoms with Crippen LogP contribution in [0.1, 0.15) is 60.5 Å². The number of carbonyl (C=O) groups excluding carboxylic acids is 3. The van der Waals surface area contributed by atoms with Gasteiger partial charge in [0, 0.05) is 37.7 Å². The van der Waals surface area contributed by atoms with Gasteiger partial charge in [-0.05, 0) is 24.8 Å². The molecule has 0 saturated heterocycles. The maximum Gasteiger partial charge on any atom is 0.326 e. The van der Waals surface area contributed by atoms with E-state index < -0.39 is 23.5 Å². The number of aliphatic carboxylic acids is 1. The number of nitrogens with one attached hydrogen (secondary N) is 2. The van der Waals surface area contributed by atoms with Gasteiger partial charge in [0.2, 0.25) is 5.91 Å². The molecule has 28 heavy (non-hydrogen) atoms. The van der Waals surface area contributed by atoms with Gasteiger partial charge in [0.25, 0.3) is 11.5 Å². The highest BCUT2D eigenvalue weighted by Crippen LogP contribution is 2.33. The highest BCUT2D eigenvalue weighted by molar-refractivity contribution is 6.02. The fourth-order valence-electron chi connectivity index (χ4n) is 3.30. The molecule has 1 atom stereocenters. The average Bonchev–Trinajstić information content (AvgIpc) is 2.55. The number of aromatic amines is 1. The van der Waals surface area contributed by atoms with Gasteiger partial charge >= 0.3 is 5.97 Å². The highest BCUT2D eigenvalue weighted by Gasteiger charge is 2.34. The summed E-state index contributed by atoms with van der Waals surface area (Å²) < 4.78 is 0. The first-order valence-electron chi connectivity index (χ1n) is 9.00. The molecule has 0 radical (unpaired) electrons. The molecule has 152 valence electrons.